The summed E-state index contributed by atoms with van der Waals surface area (Å²) in [6.45, 7) is 3.01. The molecule has 1 atom stereocenters. The Kier molecular flexibility index (Phi) is 5.59. The van der Waals surface area contributed by atoms with Gasteiger partial charge >= 0.3 is 12.0 Å². The summed E-state index contributed by atoms with van der Waals surface area (Å²) in [5.74, 6) is -0.386. The molecule has 0 aliphatic carbocycles. The van der Waals surface area contributed by atoms with Gasteiger partial charge in [0.15, 0.2) is 6.04 Å². The molecular weight excluding hydrogens is 410 g/mol. The number of ether oxygens (including phenoxy) is 1. The van der Waals surface area contributed by atoms with Gasteiger partial charge in [-0.3, -0.25) is 19.8 Å². The minimum Gasteiger partial charge on any atom is -0.426 e. The van der Waals surface area contributed by atoms with Crippen molar-refractivity contribution in [2.45, 2.75) is 26.4 Å². The van der Waals surface area contributed by atoms with Crippen molar-refractivity contribution in [3.05, 3.63) is 99.4 Å². The molecule has 1 aliphatic rings. The fourth-order valence-corrected chi connectivity index (χ4v) is 3.99. The minimum absolute atomic E-state index is 0.171. The molecule has 1 unspecified atom stereocenters. The number of amides is 2. The lowest BCUT2D eigenvalue weighted by Crippen LogP contribution is -2.47. The molecule has 1 N–H and O–H groups in total. The molecule has 3 aromatic rings. The second-order valence-corrected chi connectivity index (χ2v) is 7.47. The van der Waals surface area contributed by atoms with Crippen LogP contribution in [-0.2, 0) is 11.3 Å². The summed E-state index contributed by atoms with van der Waals surface area (Å²) in [5.41, 5.74) is 1.27. The Morgan fingerprint density at radius 1 is 1.09 bits per heavy atom. The maximum absolute atomic E-state index is 13.1. The van der Waals surface area contributed by atoms with E-state index in [9.17, 15) is 19.7 Å². The van der Waals surface area contributed by atoms with E-state index >= 15 is 0 Å². The normalized spacial score (nSPS) is 16.1. The van der Waals surface area contributed by atoms with Crippen LogP contribution in [-0.4, -0.2) is 21.8 Å². The number of hydrogen-bond donors (Lipinski definition) is 1. The molecule has 1 heterocycles. The second kappa shape index (κ2) is 8.50. The molecule has 2 amide bonds. The third kappa shape index (κ3) is 3.90. The SMILES string of the molecule is CC(=O)Oc1ccc2ccccc2c1C1NC(=O)N(Cc2ccccc2)C(C)=C1[N+](=O)[O-]. The first-order valence-electron chi connectivity index (χ1n) is 10.0. The molecule has 0 aromatic heterocycles. The van der Waals surface area contributed by atoms with E-state index in [4.69, 9.17) is 4.74 Å². The summed E-state index contributed by atoms with van der Waals surface area (Å²) < 4.78 is 5.38. The van der Waals surface area contributed by atoms with Crippen LogP contribution in [0.4, 0.5) is 4.79 Å². The minimum atomic E-state index is -1.09. The summed E-state index contributed by atoms with van der Waals surface area (Å²) in [6, 6.07) is 18.3. The van der Waals surface area contributed by atoms with Gasteiger partial charge < -0.3 is 10.1 Å². The van der Waals surface area contributed by atoms with Crippen LogP contribution in [0.2, 0.25) is 0 Å². The van der Waals surface area contributed by atoms with Crippen LogP contribution < -0.4 is 10.1 Å². The van der Waals surface area contributed by atoms with Gasteiger partial charge in [0.25, 0.3) is 5.70 Å². The Morgan fingerprint density at radius 2 is 1.78 bits per heavy atom. The number of rotatable bonds is 5. The molecule has 32 heavy (non-hydrogen) atoms. The van der Waals surface area contributed by atoms with E-state index in [-0.39, 0.29) is 23.7 Å². The summed E-state index contributed by atoms with van der Waals surface area (Å²) in [4.78, 5) is 37.8. The van der Waals surface area contributed by atoms with Crippen LogP contribution in [0.15, 0.2) is 78.1 Å². The van der Waals surface area contributed by atoms with Gasteiger partial charge in [0, 0.05) is 12.5 Å². The smallest absolute Gasteiger partial charge is 0.323 e. The van der Waals surface area contributed by atoms with Crippen LogP contribution in [0.25, 0.3) is 10.8 Å². The average Bonchev–Trinajstić information content (AvgIpc) is 2.76. The monoisotopic (exact) mass is 431 g/mol. The number of nitrogens with zero attached hydrogens (tertiary/aromatic N) is 2. The predicted octanol–water partition coefficient (Wildman–Crippen LogP) is 4.54. The van der Waals surface area contributed by atoms with Crippen molar-refractivity contribution in [1.29, 1.82) is 0 Å². The first-order chi connectivity index (χ1) is 15.4. The highest BCUT2D eigenvalue weighted by molar-refractivity contribution is 5.91. The summed E-state index contributed by atoms with van der Waals surface area (Å²) in [5, 5.41) is 16.4. The average molecular weight is 431 g/mol. The summed E-state index contributed by atoms with van der Waals surface area (Å²) >= 11 is 0. The molecule has 0 bridgehead atoms. The fraction of sp³-hybridized carbons (Fsp3) is 0.167. The Morgan fingerprint density at radius 3 is 2.47 bits per heavy atom. The van der Waals surface area contributed by atoms with Crippen LogP contribution in [0.1, 0.15) is 31.0 Å². The summed E-state index contributed by atoms with van der Waals surface area (Å²) in [7, 11) is 0. The molecular formula is C24H21N3O5. The van der Waals surface area contributed by atoms with Crippen LogP contribution in [0, 0.1) is 10.1 Å². The molecule has 162 valence electrons. The Balaban J connectivity index is 1.89. The van der Waals surface area contributed by atoms with Crippen LogP contribution in [0.5, 0.6) is 5.75 Å². The zero-order chi connectivity index (χ0) is 22.8. The lowest BCUT2D eigenvalue weighted by molar-refractivity contribution is -0.433. The molecule has 8 heteroatoms. The fourth-order valence-electron chi connectivity index (χ4n) is 3.99. The van der Waals surface area contributed by atoms with E-state index in [1.807, 2.05) is 42.5 Å². The molecule has 0 spiro atoms. The van der Waals surface area contributed by atoms with Gasteiger partial charge in [-0.25, -0.2) is 4.79 Å². The standard InChI is InChI=1S/C24H21N3O5/c1-15-23(27(30)31)22(25-24(29)26(15)14-17-8-4-3-5-9-17)21-19-11-7-6-10-18(19)12-13-20(21)32-16(2)28/h3-13,22H,14H2,1-2H3,(H,25,29). The first kappa shape index (κ1) is 21.0. The number of nitro groups is 1. The van der Waals surface area contributed by atoms with Gasteiger partial charge in [-0.2, -0.15) is 0 Å². The maximum Gasteiger partial charge on any atom is 0.323 e. The van der Waals surface area contributed by atoms with Gasteiger partial charge in [0.05, 0.1) is 17.2 Å². The quantitative estimate of drug-likeness (QED) is 0.277. The molecule has 3 aromatic carbocycles. The highest BCUT2D eigenvalue weighted by atomic mass is 16.6. The number of carbonyl (C=O) groups is 2. The summed E-state index contributed by atoms with van der Waals surface area (Å²) in [6.07, 6.45) is 0. The van der Waals surface area contributed by atoms with Crippen molar-refractivity contribution < 1.29 is 19.2 Å². The van der Waals surface area contributed by atoms with Gasteiger partial charge in [-0.05, 0) is 29.3 Å². The van der Waals surface area contributed by atoms with Gasteiger partial charge in [0.2, 0.25) is 0 Å². The van der Waals surface area contributed by atoms with E-state index < -0.39 is 23.0 Å². The van der Waals surface area contributed by atoms with Crippen molar-refractivity contribution in [1.82, 2.24) is 10.2 Å². The number of benzene rings is 3. The number of carbonyl (C=O) groups excluding carboxylic acids is 2. The van der Waals surface area contributed by atoms with Crippen molar-refractivity contribution in [3.63, 3.8) is 0 Å². The third-order valence-corrected chi connectivity index (χ3v) is 5.42. The van der Waals surface area contributed by atoms with Crippen molar-refractivity contribution in [3.8, 4) is 5.75 Å². The zero-order valence-electron chi connectivity index (χ0n) is 17.6. The molecule has 0 saturated carbocycles. The maximum atomic E-state index is 13.1. The Labute approximate surface area is 184 Å². The van der Waals surface area contributed by atoms with E-state index in [0.29, 0.717) is 10.9 Å². The highest BCUT2D eigenvalue weighted by Crippen LogP contribution is 2.40. The van der Waals surface area contributed by atoms with Gasteiger partial charge in [-0.15, -0.1) is 0 Å². The van der Waals surface area contributed by atoms with E-state index in [0.717, 1.165) is 10.9 Å². The molecule has 0 saturated heterocycles. The second-order valence-electron chi connectivity index (χ2n) is 7.47. The number of nitrogens with one attached hydrogen (secondary N) is 1. The van der Waals surface area contributed by atoms with Crippen LogP contribution >= 0.6 is 0 Å². The highest BCUT2D eigenvalue weighted by Gasteiger charge is 2.41. The number of esters is 1. The third-order valence-electron chi connectivity index (χ3n) is 5.42. The van der Waals surface area contributed by atoms with E-state index in [1.165, 1.54) is 11.8 Å². The number of hydrogen-bond acceptors (Lipinski definition) is 5. The van der Waals surface area contributed by atoms with E-state index in [1.54, 1.807) is 31.2 Å². The number of urea groups is 1. The zero-order valence-corrected chi connectivity index (χ0v) is 17.6. The van der Waals surface area contributed by atoms with Gasteiger partial charge in [-0.1, -0.05) is 60.7 Å². The number of fused-ring (bicyclic) bond motifs is 1. The van der Waals surface area contributed by atoms with Crippen molar-refractivity contribution >= 4 is 22.8 Å². The largest absolute Gasteiger partial charge is 0.426 e. The lowest BCUT2D eigenvalue weighted by atomic mass is 9.93. The number of allylic oxidation sites excluding steroid dienone is 1. The lowest BCUT2D eigenvalue weighted by Gasteiger charge is -2.33. The molecule has 0 radical (unpaired) electrons. The topological polar surface area (TPSA) is 102 Å². The molecule has 0 fully saturated rings. The van der Waals surface area contributed by atoms with Crippen molar-refractivity contribution in [2.24, 2.45) is 0 Å². The van der Waals surface area contributed by atoms with E-state index in [2.05, 4.69) is 5.32 Å². The predicted molar refractivity (Wildman–Crippen MR) is 118 cm³/mol. The van der Waals surface area contributed by atoms with Gasteiger partial charge in [0.1, 0.15) is 5.75 Å². The van der Waals surface area contributed by atoms with Crippen molar-refractivity contribution in [2.75, 3.05) is 0 Å². The van der Waals surface area contributed by atoms with Crippen LogP contribution in [0.3, 0.4) is 0 Å². The Hall–Kier alpha value is -4.20. The first-order valence-corrected chi connectivity index (χ1v) is 10.0. The molecule has 4 rings (SSSR count). The Bertz CT molecular complexity index is 1250. The molecule has 8 nitrogen and oxygen atoms in total. The molecule has 1 aliphatic heterocycles.